The fourth-order valence-electron chi connectivity index (χ4n) is 1.83. The minimum atomic E-state index is -0.705. The lowest BCUT2D eigenvalue weighted by molar-refractivity contribution is 0.0849. The zero-order chi connectivity index (χ0) is 13.1. The molecule has 7 nitrogen and oxygen atoms in total. The third-order valence-electron chi connectivity index (χ3n) is 2.77. The van der Waals surface area contributed by atoms with Gasteiger partial charge in [-0.3, -0.25) is 14.3 Å². The number of aromatic nitrogens is 2. The van der Waals surface area contributed by atoms with E-state index in [2.05, 4.69) is 16.5 Å². The molecule has 0 spiro atoms. The van der Waals surface area contributed by atoms with E-state index in [4.69, 9.17) is 10.5 Å². The van der Waals surface area contributed by atoms with E-state index >= 15 is 0 Å². The molecule has 1 unspecified atom stereocenters. The van der Waals surface area contributed by atoms with Gasteiger partial charge in [0.05, 0.1) is 12.2 Å². The lowest BCUT2D eigenvalue weighted by atomic mass is 10.2. The lowest BCUT2D eigenvalue weighted by Crippen LogP contribution is -2.32. The van der Waals surface area contributed by atoms with E-state index in [0.717, 1.165) is 19.4 Å². The van der Waals surface area contributed by atoms with Crippen LogP contribution in [0.2, 0.25) is 0 Å². The number of aryl methyl sites for hydroxylation is 1. The number of nitrogens with zero attached hydrogens (tertiary/aromatic N) is 2. The Morgan fingerprint density at radius 2 is 2.44 bits per heavy atom. The molecule has 18 heavy (non-hydrogen) atoms. The summed E-state index contributed by atoms with van der Waals surface area (Å²) >= 11 is 0. The molecule has 7 heteroatoms. The number of nitrogens with two attached hydrogens (primary N) is 1. The average molecular weight is 251 g/mol. The first-order valence-corrected chi connectivity index (χ1v) is 5.74. The minimum absolute atomic E-state index is 0.0419. The Hall–Kier alpha value is -1.89. The summed E-state index contributed by atoms with van der Waals surface area (Å²) in [4.78, 5) is 22.8. The molecule has 3 N–H and O–H groups in total. The summed E-state index contributed by atoms with van der Waals surface area (Å²) in [6.07, 6.45) is 2.03. The van der Waals surface area contributed by atoms with Crippen molar-refractivity contribution in [2.45, 2.75) is 18.9 Å². The SMILES string of the molecule is Cn1nc(C(N)=O)[c]c1C(=O)NCC1CCCO1. The molecular formula is C11H15N4O3. The first kappa shape index (κ1) is 12.6. The monoisotopic (exact) mass is 251 g/mol. The third-order valence-corrected chi connectivity index (χ3v) is 2.77. The molecule has 1 radical (unpaired) electrons. The van der Waals surface area contributed by atoms with Gasteiger partial charge in [0.15, 0.2) is 5.69 Å². The summed E-state index contributed by atoms with van der Waals surface area (Å²) in [5.74, 6) is -1.04. The quantitative estimate of drug-likeness (QED) is 0.733. The zero-order valence-corrected chi connectivity index (χ0v) is 10.1. The van der Waals surface area contributed by atoms with E-state index in [9.17, 15) is 9.59 Å². The van der Waals surface area contributed by atoms with Gasteiger partial charge in [0, 0.05) is 20.2 Å². The third kappa shape index (κ3) is 2.67. The molecular weight excluding hydrogens is 236 g/mol. The van der Waals surface area contributed by atoms with Crippen molar-refractivity contribution in [3.63, 3.8) is 0 Å². The number of amides is 2. The molecule has 0 aromatic carbocycles. The van der Waals surface area contributed by atoms with Crippen molar-refractivity contribution in [1.29, 1.82) is 0 Å². The van der Waals surface area contributed by atoms with Crippen LogP contribution in [0.3, 0.4) is 0 Å². The molecule has 2 heterocycles. The largest absolute Gasteiger partial charge is 0.376 e. The molecule has 2 rings (SSSR count). The zero-order valence-electron chi connectivity index (χ0n) is 10.1. The fraction of sp³-hybridized carbons (Fsp3) is 0.545. The maximum absolute atomic E-state index is 11.8. The first-order valence-electron chi connectivity index (χ1n) is 5.74. The first-order chi connectivity index (χ1) is 8.58. The highest BCUT2D eigenvalue weighted by Crippen LogP contribution is 2.11. The Morgan fingerprint density at radius 3 is 3.00 bits per heavy atom. The van der Waals surface area contributed by atoms with Crippen LogP contribution in [0.25, 0.3) is 0 Å². The molecule has 1 aromatic heterocycles. The fourth-order valence-corrected chi connectivity index (χ4v) is 1.83. The number of primary amides is 1. The number of rotatable bonds is 4. The van der Waals surface area contributed by atoms with Crippen molar-refractivity contribution in [3.05, 3.63) is 17.5 Å². The summed E-state index contributed by atoms with van der Waals surface area (Å²) in [6.45, 7) is 1.19. The van der Waals surface area contributed by atoms with Gasteiger partial charge in [-0.2, -0.15) is 5.10 Å². The average Bonchev–Trinajstić information content (AvgIpc) is 2.94. The van der Waals surface area contributed by atoms with E-state index < -0.39 is 5.91 Å². The Labute approximate surface area is 104 Å². The molecule has 1 aromatic rings. The van der Waals surface area contributed by atoms with Crippen LogP contribution in [0.15, 0.2) is 0 Å². The lowest BCUT2D eigenvalue weighted by Gasteiger charge is -2.10. The molecule has 1 fully saturated rings. The van der Waals surface area contributed by atoms with Crippen molar-refractivity contribution in [1.82, 2.24) is 15.1 Å². The molecule has 1 saturated heterocycles. The van der Waals surface area contributed by atoms with Crippen molar-refractivity contribution < 1.29 is 14.3 Å². The van der Waals surface area contributed by atoms with Gasteiger partial charge in [-0.25, -0.2) is 0 Å². The standard InChI is InChI=1S/C11H15N4O3/c1-15-9(5-8(14-15)10(12)16)11(17)13-6-7-3-2-4-18-7/h7H,2-4,6H2,1H3,(H2,12,16)(H,13,17). The molecule has 2 amide bonds. The number of hydrogen-bond acceptors (Lipinski definition) is 4. The van der Waals surface area contributed by atoms with Gasteiger partial charge in [-0.1, -0.05) is 0 Å². The summed E-state index contributed by atoms with van der Waals surface area (Å²) in [6, 6.07) is 2.58. The molecule has 1 aliphatic rings. The van der Waals surface area contributed by atoms with Gasteiger partial charge >= 0.3 is 0 Å². The van der Waals surface area contributed by atoms with Crippen molar-refractivity contribution >= 4 is 11.8 Å². The van der Waals surface area contributed by atoms with Crippen molar-refractivity contribution in [3.8, 4) is 0 Å². The van der Waals surface area contributed by atoms with Crippen LogP contribution in [0, 0.1) is 6.07 Å². The molecule has 1 atom stereocenters. The number of nitrogens with one attached hydrogen (secondary N) is 1. The molecule has 1 aliphatic heterocycles. The Morgan fingerprint density at radius 1 is 1.67 bits per heavy atom. The van der Waals surface area contributed by atoms with Crippen LogP contribution < -0.4 is 11.1 Å². The normalized spacial score (nSPS) is 18.8. The van der Waals surface area contributed by atoms with Crippen LogP contribution in [0.1, 0.15) is 33.8 Å². The smallest absolute Gasteiger partial charge is 0.270 e. The van der Waals surface area contributed by atoms with Gasteiger partial charge in [0.25, 0.3) is 11.8 Å². The van der Waals surface area contributed by atoms with Crippen LogP contribution in [0.5, 0.6) is 0 Å². The van der Waals surface area contributed by atoms with Gasteiger partial charge in [0.1, 0.15) is 5.69 Å². The minimum Gasteiger partial charge on any atom is -0.376 e. The van der Waals surface area contributed by atoms with Crippen LogP contribution in [0.4, 0.5) is 0 Å². The van der Waals surface area contributed by atoms with E-state index in [1.54, 1.807) is 7.05 Å². The van der Waals surface area contributed by atoms with Crippen molar-refractivity contribution in [2.24, 2.45) is 12.8 Å². The number of carbonyl (C=O) groups excluding carboxylic acids is 2. The van der Waals surface area contributed by atoms with Gasteiger partial charge in [-0.05, 0) is 12.8 Å². The Balaban J connectivity index is 1.97. The van der Waals surface area contributed by atoms with E-state index in [1.165, 1.54) is 4.68 Å². The topological polar surface area (TPSA) is 99.2 Å². The maximum Gasteiger partial charge on any atom is 0.270 e. The molecule has 0 aliphatic carbocycles. The molecule has 97 valence electrons. The Kier molecular flexibility index (Phi) is 3.61. The number of carbonyl (C=O) groups is 2. The maximum atomic E-state index is 11.8. The van der Waals surface area contributed by atoms with Crippen LogP contribution in [-0.2, 0) is 11.8 Å². The molecule has 0 bridgehead atoms. The predicted molar refractivity (Wildman–Crippen MR) is 61.9 cm³/mol. The number of hydrogen-bond donors (Lipinski definition) is 2. The summed E-state index contributed by atoms with van der Waals surface area (Å²) in [7, 11) is 1.56. The van der Waals surface area contributed by atoms with Gasteiger partial charge in [-0.15, -0.1) is 0 Å². The second kappa shape index (κ2) is 5.18. The summed E-state index contributed by atoms with van der Waals surface area (Å²) in [5, 5.41) is 6.53. The number of ether oxygens (including phenoxy) is 1. The van der Waals surface area contributed by atoms with Gasteiger partial charge in [0.2, 0.25) is 0 Å². The highest BCUT2D eigenvalue weighted by Gasteiger charge is 2.19. The second-order valence-corrected chi connectivity index (χ2v) is 4.16. The highest BCUT2D eigenvalue weighted by molar-refractivity contribution is 5.96. The second-order valence-electron chi connectivity index (χ2n) is 4.16. The van der Waals surface area contributed by atoms with E-state index in [1.807, 2.05) is 0 Å². The van der Waals surface area contributed by atoms with E-state index in [0.29, 0.717) is 6.54 Å². The Bertz CT molecular complexity index is 463. The van der Waals surface area contributed by atoms with Gasteiger partial charge < -0.3 is 15.8 Å². The van der Waals surface area contributed by atoms with Crippen LogP contribution >= 0.6 is 0 Å². The van der Waals surface area contributed by atoms with E-state index in [-0.39, 0.29) is 23.4 Å². The summed E-state index contributed by atoms with van der Waals surface area (Å²) < 4.78 is 6.67. The van der Waals surface area contributed by atoms with Crippen molar-refractivity contribution in [2.75, 3.05) is 13.2 Å². The molecule has 0 saturated carbocycles. The highest BCUT2D eigenvalue weighted by atomic mass is 16.5. The van der Waals surface area contributed by atoms with Crippen LogP contribution in [-0.4, -0.2) is 40.9 Å². The summed E-state index contributed by atoms with van der Waals surface area (Å²) in [5.41, 5.74) is 5.21. The predicted octanol–water partition coefficient (Wildman–Crippen LogP) is -0.772.